The molecule has 3 heterocycles. The number of hydrogen-bond acceptors (Lipinski definition) is 3. The Hall–Kier alpha value is -2.67. The fourth-order valence-corrected chi connectivity index (χ4v) is 4.28. The standard InChI is InChI=1S/C23H23F3N2O2/c1-5-14-16-8-13(23(24,25)26)6-7-18(16)27-20-17(14)10-28-19(20)9-15(12(4)22(28)30)21(29)11(2)3/h6-9,11,21,29H,5,10H2,1-4H3. The first-order valence-electron chi connectivity index (χ1n) is 10.00. The minimum atomic E-state index is -4.43. The highest BCUT2D eigenvalue weighted by atomic mass is 19.4. The van der Waals surface area contributed by atoms with Crippen LogP contribution in [0.4, 0.5) is 13.2 Å². The van der Waals surface area contributed by atoms with E-state index in [0.717, 1.165) is 23.3 Å². The van der Waals surface area contributed by atoms with E-state index in [0.29, 0.717) is 39.8 Å². The fourth-order valence-electron chi connectivity index (χ4n) is 4.28. The molecule has 0 amide bonds. The summed E-state index contributed by atoms with van der Waals surface area (Å²) in [4.78, 5) is 17.7. The predicted octanol–water partition coefficient (Wildman–Crippen LogP) is 5.00. The molecule has 0 aliphatic carbocycles. The summed E-state index contributed by atoms with van der Waals surface area (Å²) < 4.78 is 41.3. The van der Waals surface area contributed by atoms with Gasteiger partial charge in [0.25, 0.3) is 5.56 Å². The van der Waals surface area contributed by atoms with Gasteiger partial charge in [0, 0.05) is 16.5 Å². The minimum absolute atomic E-state index is 0.0661. The number of fused-ring (bicyclic) bond motifs is 4. The van der Waals surface area contributed by atoms with Gasteiger partial charge in [-0.3, -0.25) is 4.79 Å². The number of alkyl halides is 3. The average Bonchev–Trinajstić information content (AvgIpc) is 3.05. The molecular weight excluding hydrogens is 393 g/mol. The van der Waals surface area contributed by atoms with Crippen LogP contribution in [0.15, 0.2) is 29.1 Å². The van der Waals surface area contributed by atoms with Gasteiger partial charge in [-0.1, -0.05) is 20.8 Å². The van der Waals surface area contributed by atoms with E-state index in [-0.39, 0.29) is 18.0 Å². The molecule has 3 aromatic rings. The summed E-state index contributed by atoms with van der Waals surface area (Å²) in [7, 11) is 0. The lowest BCUT2D eigenvalue weighted by atomic mass is 9.94. The lowest BCUT2D eigenvalue weighted by Crippen LogP contribution is -2.24. The first-order chi connectivity index (χ1) is 14.0. The van der Waals surface area contributed by atoms with Crippen LogP contribution in [0.25, 0.3) is 22.3 Å². The van der Waals surface area contributed by atoms with Gasteiger partial charge >= 0.3 is 6.18 Å². The van der Waals surface area contributed by atoms with E-state index in [1.54, 1.807) is 17.6 Å². The Kier molecular flexibility index (Phi) is 4.77. The zero-order valence-corrected chi connectivity index (χ0v) is 17.3. The van der Waals surface area contributed by atoms with Crippen molar-refractivity contribution in [2.75, 3.05) is 0 Å². The van der Waals surface area contributed by atoms with Crippen molar-refractivity contribution in [3.8, 4) is 11.4 Å². The molecule has 7 heteroatoms. The van der Waals surface area contributed by atoms with Crippen LogP contribution in [0, 0.1) is 12.8 Å². The number of aromatic nitrogens is 2. The maximum absolute atomic E-state index is 13.2. The van der Waals surface area contributed by atoms with Gasteiger partial charge in [0.2, 0.25) is 0 Å². The number of hydrogen-bond donors (Lipinski definition) is 1. The van der Waals surface area contributed by atoms with Gasteiger partial charge in [0.1, 0.15) is 0 Å². The Morgan fingerprint density at radius 2 is 1.93 bits per heavy atom. The molecule has 0 bridgehead atoms. The Balaban J connectivity index is 2.00. The number of halogens is 3. The van der Waals surface area contributed by atoms with E-state index >= 15 is 0 Å². The summed E-state index contributed by atoms with van der Waals surface area (Å²) in [5.41, 5.74) is 3.35. The first kappa shape index (κ1) is 20.6. The third kappa shape index (κ3) is 3.03. The van der Waals surface area contributed by atoms with Gasteiger partial charge in [0.05, 0.1) is 35.1 Å². The molecule has 0 radical (unpaired) electrons. The Morgan fingerprint density at radius 1 is 1.23 bits per heavy atom. The maximum atomic E-state index is 13.2. The third-order valence-corrected chi connectivity index (χ3v) is 5.98. The topological polar surface area (TPSA) is 55.1 Å². The maximum Gasteiger partial charge on any atom is 0.416 e. The van der Waals surface area contributed by atoms with E-state index in [9.17, 15) is 23.1 Å². The number of rotatable bonds is 3. The van der Waals surface area contributed by atoms with Crippen molar-refractivity contribution >= 4 is 10.9 Å². The summed E-state index contributed by atoms with van der Waals surface area (Å²) >= 11 is 0. The second-order valence-corrected chi connectivity index (χ2v) is 8.19. The molecule has 1 aliphatic heterocycles. The smallest absolute Gasteiger partial charge is 0.388 e. The van der Waals surface area contributed by atoms with Gasteiger partial charge in [-0.15, -0.1) is 0 Å². The van der Waals surface area contributed by atoms with Gasteiger partial charge in [-0.2, -0.15) is 13.2 Å². The number of aliphatic hydroxyl groups is 1. The monoisotopic (exact) mass is 416 g/mol. The largest absolute Gasteiger partial charge is 0.416 e. The summed E-state index contributed by atoms with van der Waals surface area (Å²) in [5, 5.41) is 11.1. The van der Waals surface area contributed by atoms with Crippen molar-refractivity contribution in [1.82, 2.24) is 9.55 Å². The van der Waals surface area contributed by atoms with Crippen LogP contribution < -0.4 is 5.56 Å². The van der Waals surface area contributed by atoms with Crippen molar-refractivity contribution in [2.24, 2.45) is 5.92 Å². The van der Waals surface area contributed by atoms with Crippen LogP contribution in [0.2, 0.25) is 0 Å². The highest BCUT2D eigenvalue weighted by Gasteiger charge is 2.32. The average molecular weight is 416 g/mol. The van der Waals surface area contributed by atoms with Gasteiger partial charge in [-0.05, 0) is 54.7 Å². The van der Waals surface area contributed by atoms with Crippen LogP contribution in [0.3, 0.4) is 0 Å². The van der Waals surface area contributed by atoms with Crippen LogP contribution in [-0.2, 0) is 19.1 Å². The predicted molar refractivity (Wildman–Crippen MR) is 109 cm³/mol. The number of nitrogens with zero attached hydrogens (tertiary/aromatic N) is 2. The van der Waals surface area contributed by atoms with Gasteiger partial charge < -0.3 is 9.67 Å². The molecule has 1 aromatic carbocycles. The lowest BCUT2D eigenvalue weighted by molar-refractivity contribution is -0.137. The van der Waals surface area contributed by atoms with Crippen molar-refractivity contribution in [3.63, 3.8) is 0 Å². The molecule has 0 saturated carbocycles. The Labute approximate surface area is 172 Å². The highest BCUT2D eigenvalue weighted by molar-refractivity contribution is 5.88. The van der Waals surface area contributed by atoms with Crippen molar-refractivity contribution < 1.29 is 18.3 Å². The lowest BCUT2D eigenvalue weighted by Gasteiger charge is -2.18. The molecule has 4 nitrogen and oxygen atoms in total. The van der Waals surface area contributed by atoms with Crippen LogP contribution in [0.5, 0.6) is 0 Å². The summed E-state index contributed by atoms with van der Waals surface area (Å²) in [5.74, 6) is -0.0661. The van der Waals surface area contributed by atoms with E-state index in [4.69, 9.17) is 0 Å². The Morgan fingerprint density at radius 3 is 2.53 bits per heavy atom. The van der Waals surface area contributed by atoms with Gasteiger partial charge in [-0.25, -0.2) is 4.98 Å². The summed E-state index contributed by atoms with van der Waals surface area (Å²) in [6.07, 6.45) is -4.70. The molecule has 0 saturated heterocycles. The molecule has 2 aromatic heterocycles. The van der Waals surface area contributed by atoms with Crippen molar-refractivity contribution in [2.45, 2.75) is 52.9 Å². The van der Waals surface area contributed by atoms with E-state index in [2.05, 4.69) is 4.98 Å². The van der Waals surface area contributed by atoms with Crippen LogP contribution >= 0.6 is 0 Å². The second-order valence-electron chi connectivity index (χ2n) is 8.19. The zero-order chi connectivity index (χ0) is 22.0. The van der Waals surface area contributed by atoms with Crippen molar-refractivity contribution in [3.05, 3.63) is 62.4 Å². The SMILES string of the molecule is CCc1c2c(nc3ccc(C(F)(F)F)cc13)-c1cc(C(O)C(C)C)c(C)c(=O)n1C2. The molecular formula is C23H23F3N2O2. The third-order valence-electron chi connectivity index (χ3n) is 5.98. The molecule has 1 aliphatic rings. The first-order valence-corrected chi connectivity index (χ1v) is 10.00. The normalized spacial score (nSPS) is 14.3. The van der Waals surface area contributed by atoms with Crippen molar-refractivity contribution in [1.29, 1.82) is 0 Å². The molecule has 4 rings (SSSR count). The van der Waals surface area contributed by atoms with Gasteiger partial charge in [0.15, 0.2) is 0 Å². The number of benzene rings is 1. The quantitative estimate of drug-likeness (QED) is 0.511. The summed E-state index contributed by atoms with van der Waals surface area (Å²) in [6.45, 7) is 7.61. The second kappa shape index (κ2) is 6.94. The Bertz CT molecular complexity index is 1230. The molecule has 158 valence electrons. The van der Waals surface area contributed by atoms with E-state index in [1.165, 1.54) is 6.07 Å². The minimum Gasteiger partial charge on any atom is -0.388 e. The van der Waals surface area contributed by atoms with E-state index in [1.807, 2.05) is 20.8 Å². The number of pyridine rings is 2. The van der Waals surface area contributed by atoms with Crippen LogP contribution in [-0.4, -0.2) is 14.7 Å². The fraction of sp³-hybridized carbons (Fsp3) is 0.391. The molecule has 1 atom stereocenters. The number of aryl methyl sites for hydroxylation is 1. The van der Waals surface area contributed by atoms with Crippen LogP contribution in [0.1, 0.15) is 54.7 Å². The summed E-state index contributed by atoms with van der Waals surface area (Å²) in [6, 6.07) is 5.37. The molecule has 30 heavy (non-hydrogen) atoms. The molecule has 0 fully saturated rings. The highest BCUT2D eigenvalue weighted by Crippen LogP contribution is 2.39. The molecule has 0 spiro atoms. The van der Waals surface area contributed by atoms with E-state index < -0.39 is 17.8 Å². The zero-order valence-electron chi connectivity index (χ0n) is 17.3. The number of aliphatic hydroxyl groups excluding tert-OH is 1. The molecule has 1 unspecified atom stereocenters. The molecule has 1 N–H and O–H groups in total.